The van der Waals surface area contributed by atoms with Crippen molar-refractivity contribution in [2.45, 2.75) is 20.0 Å². The van der Waals surface area contributed by atoms with Crippen LogP contribution in [0.5, 0.6) is 11.5 Å². The second kappa shape index (κ2) is 6.96. The van der Waals surface area contributed by atoms with Crippen molar-refractivity contribution in [2.24, 2.45) is 0 Å². The SMILES string of the molecule is CCOc1ccccc1OCC(O)c1ccccc1C. The molecule has 0 saturated carbocycles. The molecule has 106 valence electrons. The monoisotopic (exact) mass is 272 g/mol. The van der Waals surface area contributed by atoms with Gasteiger partial charge in [0.1, 0.15) is 12.7 Å². The highest BCUT2D eigenvalue weighted by Gasteiger charge is 2.12. The first-order chi connectivity index (χ1) is 9.72. The molecule has 2 aromatic carbocycles. The molecule has 0 aliphatic rings. The topological polar surface area (TPSA) is 38.7 Å². The molecule has 2 rings (SSSR count). The Morgan fingerprint density at radius 2 is 1.55 bits per heavy atom. The van der Waals surface area contributed by atoms with Crippen molar-refractivity contribution in [1.29, 1.82) is 0 Å². The van der Waals surface area contributed by atoms with E-state index in [-0.39, 0.29) is 6.61 Å². The Bertz CT molecular complexity index is 551. The normalized spacial score (nSPS) is 11.9. The van der Waals surface area contributed by atoms with Crippen LogP contribution in [0.1, 0.15) is 24.2 Å². The zero-order valence-electron chi connectivity index (χ0n) is 11.9. The highest BCUT2D eigenvalue weighted by atomic mass is 16.5. The zero-order chi connectivity index (χ0) is 14.4. The van der Waals surface area contributed by atoms with Crippen molar-refractivity contribution in [3.8, 4) is 11.5 Å². The van der Waals surface area contributed by atoms with E-state index in [4.69, 9.17) is 9.47 Å². The first-order valence-corrected chi connectivity index (χ1v) is 6.80. The fourth-order valence-corrected chi connectivity index (χ4v) is 2.06. The summed E-state index contributed by atoms with van der Waals surface area (Å²) in [7, 11) is 0. The standard InChI is InChI=1S/C17H20O3/c1-3-19-16-10-6-7-11-17(16)20-12-15(18)14-9-5-4-8-13(14)2/h4-11,15,18H,3,12H2,1-2H3. The van der Waals surface area contributed by atoms with Gasteiger partial charge in [0, 0.05) is 0 Å². The number of rotatable bonds is 6. The number of ether oxygens (including phenoxy) is 2. The van der Waals surface area contributed by atoms with Gasteiger partial charge < -0.3 is 14.6 Å². The Labute approximate surface area is 119 Å². The molecule has 0 aliphatic carbocycles. The fourth-order valence-electron chi connectivity index (χ4n) is 2.06. The average molecular weight is 272 g/mol. The van der Waals surface area contributed by atoms with Crippen molar-refractivity contribution in [1.82, 2.24) is 0 Å². The quantitative estimate of drug-likeness (QED) is 0.874. The first-order valence-electron chi connectivity index (χ1n) is 6.80. The Balaban J connectivity index is 2.04. The molecule has 1 unspecified atom stereocenters. The van der Waals surface area contributed by atoms with E-state index in [2.05, 4.69) is 0 Å². The van der Waals surface area contributed by atoms with Gasteiger partial charge >= 0.3 is 0 Å². The summed E-state index contributed by atoms with van der Waals surface area (Å²) in [6.07, 6.45) is -0.647. The lowest BCUT2D eigenvalue weighted by atomic mass is 10.0. The summed E-state index contributed by atoms with van der Waals surface area (Å²) in [4.78, 5) is 0. The highest BCUT2D eigenvalue weighted by Crippen LogP contribution is 2.28. The van der Waals surface area contributed by atoms with Crippen LogP contribution in [-0.4, -0.2) is 18.3 Å². The molecular formula is C17H20O3. The highest BCUT2D eigenvalue weighted by molar-refractivity contribution is 5.39. The maximum absolute atomic E-state index is 10.2. The third-order valence-corrected chi connectivity index (χ3v) is 3.09. The number of hydrogen-bond acceptors (Lipinski definition) is 3. The third kappa shape index (κ3) is 3.52. The number of para-hydroxylation sites is 2. The van der Waals surface area contributed by atoms with Gasteiger partial charge in [0.2, 0.25) is 0 Å². The van der Waals surface area contributed by atoms with E-state index in [1.54, 1.807) is 0 Å². The van der Waals surface area contributed by atoms with Gasteiger partial charge in [0.15, 0.2) is 11.5 Å². The van der Waals surface area contributed by atoms with Gasteiger partial charge in [-0.15, -0.1) is 0 Å². The van der Waals surface area contributed by atoms with Crippen LogP contribution in [0, 0.1) is 6.92 Å². The lowest BCUT2D eigenvalue weighted by molar-refractivity contribution is 0.105. The fraction of sp³-hybridized carbons (Fsp3) is 0.294. The molecule has 0 radical (unpaired) electrons. The van der Waals surface area contributed by atoms with Crippen molar-refractivity contribution >= 4 is 0 Å². The molecule has 0 aliphatic heterocycles. The van der Waals surface area contributed by atoms with E-state index >= 15 is 0 Å². The molecule has 1 atom stereocenters. The molecule has 0 aromatic heterocycles. The Hall–Kier alpha value is -2.00. The van der Waals surface area contributed by atoms with E-state index in [1.165, 1.54) is 0 Å². The Kier molecular flexibility index (Phi) is 5.02. The predicted octanol–water partition coefficient (Wildman–Crippen LogP) is 3.51. The number of aliphatic hydroxyl groups is 1. The number of benzene rings is 2. The van der Waals surface area contributed by atoms with Gasteiger partial charge in [-0.2, -0.15) is 0 Å². The maximum Gasteiger partial charge on any atom is 0.161 e. The van der Waals surface area contributed by atoms with E-state index in [9.17, 15) is 5.11 Å². The molecule has 0 heterocycles. The van der Waals surface area contributed by atoms with Crippen LogP contribution in [0.25, 0.3) is 0 Å². The van der Waals surface area contributed by atoms with Crippen molar-refractivity contribution in [3.63, 3.8) is 0 Å². The molecule has 2 aromatic rings. The molecule has 1 N–H and O–H groups in total. The van der Waals surface area contributed by atoms with Gasteiger partial charge in [-0.1, -0.05) is 36.4 Å². The summed E-state index contributed by atoms with van der Waals surface area (Å²) in [5.74, 6) is 1.36. The molecule has 0 saturated heterocycles. The molecule has 0 bridgehead atoms. The summed E-state index contributed by atoms with van der Waals surface area (Å²) < 4.78 is 11.2. The van der Waals surface area contributed by atoms with Crippen LogP contribution in [0.3, 0.4) is 0 Å². The van der Waals surface area contributed by atoms with Crippen LogP contribution >= 0.6 is 0 Å². The molecule has 3 heteroatoms. The molecule has 3 nitrogen and oxygen atoms in total. The van der Waals surface area contributed by atoms with Crippen LogP contribution in [0.15, 0.2) is 48.5 Å². The minimum Gasteiger partial charge on any atom is -0.490 e. The second-order valence-corrected chi connectivity index (χ2v) is 4.56. The second-order valence-electron chi connectivity index (χ2n) is 4.56. The Morgan fingerprint density at radius 3 is 2.20 bits per heavy atom. The lowest BCUT2D eigenvalue weighted by Gasteiger charge is -2.16. The third-order valence-electron chi connectivity index (χ3n) is 3.09. The maximum atomic E-state index is 10.2. The van der Waals surface area contributed by atoms with Gasteiger partial charge in [-0.25, -0.2) is 0 Å². The van der Waals surface area contributed by atoms with Crippen LogP contribution in [0.2, 0.25) is 0 Å². The smallest absolute Gasteiger partial charge is 0.161 e. The van der Waals surface area contributed by atoms with Gasteiger partial charge in [0.25, 0.3) is 0 Å². The van der Waals surface area contributed by atoms with Crippen molar-refractivity contribution in [3.05, 3.63) is 59.7 Å². The first kappa shape index (κ1) is 14.4. The number of hydrogen-bond donors (Lipinski definition) is 1. The van der Waals surface area contributed by atoms with E-state index in [1.807, 2.05) is 62.4 Å². The number of aliphatic hydroxyl groups excluding tert-OH is 1. The van der Waals surface area contributed by atoms with Gasteiger partial charge in [0.05, 0.1) is 6.61 Å². The summed E-state index contributed by atoms with van der Waals surface area (Å²) in [6, 6.07) is 15.3. The molecule has 0 fully saturated rings. The summed E-state index contributed by atoms with van der Waals surface area (Å²) >= 11 is 0. The molecule has 0 spiro atoms. The predicted molar refractivity (Wildman–Crippen MR) is 79.2 cm³/mol. The van der Waals surface area contributed by atoms with Crippen LogP contribution < -0.4 is 9.47 Å². The van der Waals surface area contributed by atoms with Crippen molar-refractivity contribution < 1.29 is 14.6 Å². The van der Waals surface area contributed by atoms with E-state index in [0.717, 1.165) is 11.1 Å². The number of aryl methyl sites for hydroxylation is 1. The summed E-state index contributed by atoms with van der Waals surface area (Å²) in [5.41, 5.74) is 1.95. The summed E-state index contributed by atoms with van der Waals surface area (Å²) in [6.45, 7) is 4.70. The average Bonchev–Trinajstić information content (AvgIpc) is 2.47. The van der Waals surface area contributed by atoms with Gasteiger partial charge in [-0.3, -0.25) is 0 Å². The largest absolute Gasteiger partial charge is 0.490 e. The Morgan fingerprint density at radius 1 is 0.950 bits per heavy atom. The van der Waals surface area contributed by atoms with Crippen molar-refractivity contribution in [2.75, 3.05) is 13.2 Å². The molecular weight excluding hydrogens is 252 g/mol. The van der Waals surface area contributed by atoms with E-state index < -0.39 is 6.10 Å². The van der Waals surface area contributed by atoms with E-state index in [0.29, 0.717) is 18.1 Å². The van der Waals surface area contributed by atoms with Crippen LogP contribution in [0.4, 0.5) is 0 Å². The minimum absolute atomic E-state index is 0.203. The molecule has 20 heavy (non-hydrogen) atoms. The van der Waals surface area contributed by atoms with Gasteiger partial charge in [-0.05, 0) is 37.1 Å². The van der Waals surface area contributed by atoms with Crippen LogP contribution in [-0.2, 0) is 0 Å². The lowest BCUT2D eigenvalue weighted by Crippen LogP contribution is -2.11. The minimum atomic E-state index is -0.647. The molecule has 0 amide bonds. The summed E-state index contributed by atoms with van der Waals surface area (Å²) in [5, 5.41) is 10.2. The zero-order valence-corrected chi connectivity index (χ0v) is 11.9.